The summed E-state index contributed by atoms with van der Waals surface area (Å²) in [6, 6.07) is 38.0. The highest BCUT2D eigenvalue weighted by molar-refractivity contribution is 6.48. The van der Waals surface area contributed by atoms with Crippen LogP contribution in [-0.4, -0.2) is 57.5 Å². The SMILES string of the molecule is O=C(CCCCC1=CC=CC1)Oc1ccc(Oc2cc3c4c(cc(Oc5ccc(OC(=O)CCCCC6=CC=CC6)cc5)c5c6c(Oc7ccc(OC(=O)CCCCC8=CC=CC8)cc7)cc7c8c(cc(Oc9ccc(OC(=O)CCCCC%10=CC=CC%10)cc9)c(c2c45)c86)C(=O)N(c2ccncc2)C7=O)C(=O)N(c2ccncc2)C3=O)cc1. The third-order valence-corrected chi connectivity index (χ3v) is 21.8. The van der Waals surface area contributed by atoms with Crippen molar-refractivity contribution >= 4 is 102 Å². The van der Waals surface area contributed by atoms with Crippen molar-refractivity contribution in [1.82, 2.24) is 9.97 Å². The van der Waals surface area contributed by atoms with Crippen LogP contribution in [0.5, 0.6) is 69.0 Å². The number of unbranched alkanes of at least 4 members (excludes halogenated alkanes) is 4. The van der Waals surface area contributed by atoms with E-state index in [2.05, 4.69) is 58.6 Å². The van der Waals surface area contributed by atoms with Gasteiger partial charge in [0.1, 0.15) is 69.0 Å². The number of carbonyl (C=O) groups excluding carboxylic acids is 8. The van der Waals surface area contributed by atoms with Gasteiger partial charge in [-0.05, 0) is 248 Å². The fraction of sp³-hybridized carbons (Fsp3) is 0.204. The van der Waals surface area contributed by atoms with Gasteiger partial charge in [-0.15, -0.1) is 0 Å². The van der Waals surface area contributed by atoms with E-state index >= 15 is 19.2 Å². The number of fused-ring (bicyclic) bond motifs is 2. The van der Waals surface area contributed by atoms with Crippen molar-refractivity contribution in [3.8, 4) is 69.0 Å². The highest BCUT2D eigenvalue weighted by Gasteiger charge is 2.43. The number of benzene rings is 9. The number of amides is 4. The molecule has 0 saturated carbocycles. The van der Waals surface area contributed by atoms with E-state index in [0.29, 0.717) is 25.7 Å². The van der Waals surface area contributed by atoms with E-state index in [1.165, 1.54) is 47.1 Å². The number of esters is 4. The van der Waals surface area contributed by atoms with Gasteiger partial charge in [0.2, 0.25) is 0 Å². The summed E-state index contributed by atoms with van der Waals surface area (Å²) in [5.74, 6) is -2.95. The summed E-state index contributed by atoms with van der Waals surface area (Å²) in [6.07, 6.45) is 44.5. The van der Waals surface area contributed by atoms with Crippen molar-refractivity contribution < 1.29 is 76.3 Å². The molecule has 6 aliphatic rings. The van der Waals surface area contributed by atoms with E-state index in [-0.39, 0.29) is 171 Å². The lowest BCUT2D eigenvalue weighted by Gasteiger charge is -2.32. The molecule has 588 valence electrons. The number of rotatable bonds is 34. The fourth-order valence-electron chi connectivity index (χ4n) is 16.0. The summed E-state index contributed by atoms with van der Waals surface area (Å²) >= 11 is 0. The minimum Gasteiger partial charge on any atom is -0.457 e. The van der Waals surface area contributed by atoms with Crippen LogP contribution in [0.1, 0.15) is 170 Å². The van der Waals surface area contributed by atoms with Crippen molar-refractivity contribution in [2.45, 2.75) is 128 Å². The number of hydrogen-bond acceptors (Lipinski definition) is 18. The van der Waals surface area contributed by atoms with Gasteiger partial charge in [-0.2, -0.15) is 0 Å². The van der Waals surface area contributed by atoms with Gasteiger partial charge >= 0.3 is 23.9 Å². The second kappa shape index (κ2) is 34.5. The smallest absolute Gasteiger partial charge is 0.311 e. The molecule has 118 heavy (non-hydrogen) atoms. The van der Waals surface area contributed by atoms with E-state index in [9.17, 15) is 19.2 Å². The number of nitrogens with zero attached hydrogens (tertiary/aromatic N) is 4. The first-order valence-corrected chi connectivity index (χ1v) is 40.1. The molecule has 0 fully saturated rings. The molecule has 0 spiro atoms. The Morgan fingerprint density at radius 3 is 0.729 bits per heavy atom. The first kappa shape index (κ1) is 76.5. The summed E-state index contributed by atoms with van der Waals surface area (Å²) in [7, 11) is 0. The molecule has 0 N–H and O–H groups in total. The van der Waals surface area contributed by atoms with Crippen LogP contribution in [0.2, 0.25) is 0 Å². The highest BCUT2D eigenvalue weighted by Crippen LogP contribution is 2.58. The van der Waals surface area contributed by atoms with Crippen LogP contribution in [0.25, 0.3) is 43.1 Å². The highest BCUT2D eigenvalue weighted by atomic mass is 16.6. The molecular weight excluding hydrogens is 1490 g/mol. The molecule has 20 heteroatoms. The molecule has 2 aliphatic heterocycles. The first-order chi connectivity index (χ1) is 57.8. The van der Waals surface area contributed by atoms with Crippen LogP contribution in [0.3, 0.4) is 0 Å². The maximum absolute atomic E-state index is 16.0. The van der Waals surface area contributed by atoms with Crippen LogP contribution >= 0.6 is 0 Å². The summed E-state index contributed by atoms with van der Waals surface area (Å²) in [4.78, 5) is 128. The predicted molar refractivity (Wildman–Crippen MR) is 448 cm³/mol. The van der Waals surface area contributed by atoms with E-state index in [0.717, 1.165) is 86.8 Å². The molecule has 4 heterocycles. The Labute approximate surface area is 679 Å². The summed E-state index contributed by atoms with van der Waals surface area (Å²) in [6.45, 7) is 0. The zero-order valence-corrected chi connectivity index (χ0v) is 64.6. The molecule has 9 aromatic carbocycles. The Bertz CT molecular complexity index is 5400. The summed E-state index contributed by atoms with van der Waals surface area (Å²) in [5, 5.41) is 1.45. The quantitative estimate of drug-likeness (QED) is 0.00909. The molecule has 0 bridgehead atoms. The van der Waals surface area contributed by atoms with E-state index in [4.69, 9.17) is 37.9 Å². The van der Waals surface area contributed by atoms with Crippen LogP contribution in [0.15, 0.2) is 266 Å². The zero-order valence-electron chi connectivity index (χ0n) is 64.6. The lowest BCUT2D eigenvalue weighted by Crippen LogP contribution is -2.40. The summed E-state index contributed by atoms with van der Waals surface area (Å²) in [5.41, 5.74) is 5.63. The van der Waals surface area contributed by atoms with Crippen molar-refractivity contribution in [2.75, 3.05) is 9.80 Å². The summed E-state index contributed by atoms with van der Waals surface area (Å²) < 4.78 is 52.5. The number of ether oxygens (including phenoxy) is 8. The Balaban J connectivity index is 0.853. The predicted octanol–water partition coefficient (Wildman–Crippen LogP) is 22.7. The van der Waals surface area contributed by atoms with Crippen molar-refractivity contribution in [2.24, 2.45) is 0 Å². The number of carbonyl (C=O) groups is 8. The monoisotopic (exact) mass is 1570 g/mol. The fourth-order valence-corrected chi connectivity index (χ4v) is 16.0. The van der Waals surface area contributed by atoms with Gasteiger partial charge in [0.05, 0.1) is 33.6 Å². The van der Waals surface area contributed by atoms with Gasteiger partial charge in [-0.25, -0.2) is 9.80 Å². The van der Waals surface area contributed by atoms with Crippen molar-refractivity contribution in [3.05, 3.63) is 288 Å². The van der Waals surface area contributed by atoms with Gasteiger partial charge in [-0.1, -0.05) is 95.2 Å². The van der Waals surface area contributed by atoms with E-state index in [1.54, 1.807) is 146 Å². The van der Waals surface area contributed by atoms with Crippen LogP contribution < -0.4 is 47.7 Å². The normalized spacial score (nSPS) is 14.4. The van der Waals surface area contributed by atoms with Gasteiger partial charge in [-0.3, -0.25) is 48.3 Å². The maximum atomic E-state index is 16.0. The third kappa shape index (κ3) is 16.6. The first-order valence-electron chi connectivity index (χ1n) is 40.1. The Morgan fingerprint density at radius 1 is 0.280 bits per heavy atom. The second-order valence-corrected chi connectivity index (χ2v) is 29.8. The van der Waals surface area contributed by atoms with Crippen LogP contribution in [-0.2, 0) is 19.2 Å². The van der Waals surface area contributed by atoms with E-state index in [1.807, 2.05) is 24.3 Å². The van der Waals surface area contributed by atoms with Gasteiger partial charge in [0, 0.05) is 93.6 Å². The molecule has 0 radical (unpaired) electrons. The zero-order chi connectivity index (χ0) is 80.6. The molecule has 4 amide bonds. The number of pyridine rings is 2. The molecule has 17 rings (SSSR count). The van der Waals surface area contributed by atoms with Crippen molar-refractivity contribution in [3.63, 3.8) is 0 Å². The average molecular weight is 1570 g/mol. The minimum atomic E-state index is -0.747. The minimum absolute atomic E-state index is 0.00145. The molecule has 2 aromatic heterocycles. The Kier molecular flexibility index (Phi) is 22.4. The standard InChI is InChI=1S/C98H80N4O16/c103-83(29-13-9-25-61-17-1-2-18-61)115-71-41-33-67(34-42-71)111-79-57-75-87-76(96(108)101(95(75)107)65-49-53-99-54-50-65)59-81(113-69-37-45-73(46-38-69)117-85(105)31-15-11-27-63-21-5-6-22-63)91-92-82(114-70-39-47-74(48-40-70)118-86(106)32-16-12-28-64-23-7-8-24-64)60-78-88-77(97(109)102(98(78)110)66-51-55-100-56-52-66)58-80(90(94(88)92)89(79)93(87)91)112-68-35-43-72(44-36-68)116-84(104)30-14-10-26-62-19-3-4-20-62/h1-8,17,19,21,23,33-60H,9-16,18,20,22,24-32H2. The molecule has 0 saturated heterocycles. The number of imide groups is 2. The van der Waals surface area contributed by atoms with E-state index < -0.39 is 47.5 Å². The largest absolute Gasteiger partial charge is 0.457 e. The second-order valence-electron chi connectivity index (χ2n) is 29.8. The number of hydrogen-bond donors (Lipinski definition) is 0. The lowest BCUT2D eigenvalue weighted by atomic mass is 9.80. The molecule has 20 nitrogen and oxygen atoms in total. The van der Waals surface area contributed by atoms with Crippen LogP contribution in [0.4, 0.5) is 11.4 Å². The molecule has 0 atom stereocenters. The number of anilines is 2. The van der Waals surface area contributed by atoms with Crippen LogP contribution in [0, 0.1) is 0 Å². The van der Waals surface area contributed by atoms with Crippen molar-refractivity contribution in [1.29, 1.82) is 0 Å². The van der Waals surface area contributed by atoms with Gasteiger partial charge in [0.15, 0.2) is 0 Å². The van der Waals surface area contributed by atoms with Gasteiger partial charge in [0.25, 0.3) is 23.6 Å². The average Bonchev–Trinajstić information content (AvgIpc) is 0.929. The third-order valence-electron chi connectivity index (χ3n) is 21.8. The molecular formula is C98H80N4O16. The number of allylic oxidation sites excluding steroid dienone is 16. The Hall–Kier alpha value is -14.1. The maximum Gasteiger partial charge on any atom is 0.311 e. The topological polar surface area (TPSA) is 243 Å². The van der Waals surface area contributed by atoms with Gasteiger partial charge < -0.3 is 37.9 Å². The lowest BCUT2D eigenvalue weighted by molar-refractivity contribution is -0.135. The Morgan fingerprint density at radius 2 is 0.508 bits per heavy atom. The molecule has 11 aromatic rings. The molecule has 0 unspecified atom stereocenters. The molecule has 4 aliphatic carbocycles. The number of aromatic nitrogens is 2.